The molecule has 1 unspecified atom stereocenters. The van der Waals surface area contributed by atoms with Crippen molar-refractivity contribution in [1.29, 1.82) is 0 Å². The zero-order valence-electron chi connectivity index (χ0n) is 19.4. The number of hydrogen-bond acceptors (Lipinski definition) is 7. The molecule has 1 heterocycles. The lowest BCUT2D eigenvalue weighted by atomic mass is 9.94. The molecule has 36 heavy (non-hydrogen) atoms. The Hall–Kier alpha value is -3.88. The number of phenolic OH excluding ortho intramolecular Hbond substituents is 1. The average Bonchev–Trinajstić information content (AvgIpc) is 3.14. The Balaban J connectivity index is 1.99. The fourth-order valence-corrected chi connectivity index (χ4v) is 4.55. The maximum atomic E-state index is 13.4. The van der Waals surface area contributed by atoms with Gasteiger partial charge in [0, 0.05) is 11.8 Å². The van der Waals surface area contributed by atoms with Gasteiger partial charge in [-0.15, -0.1) is 0 Å². The van der Waals surface area contributed by atoms with Gasteiger partial charge in [0.25, 0.3) is 11.7 Å². The molecule has 1 aliphatic rings. The van der Waals surface area contributed by atoms with E-state index in [9.17, 15) is 19.8 Å². The van der Waals surface area contributed by atoms with Crippen LogP contribution in [0.2, 0.25) is 10.0 Å². The van der Waals surface area contributed by atoms with Gasteiger partial charge in [-0.25, -0.2) is 0 Å². The number of amides is 1. The van der Waals surface area contributed by atoms with E-state index in [2.05, 4.69) is 0 Å². The molecule has 1 atom stereocenters. The number of rotatable bonds is 6. The number of phenols is 1. The molecule has 3 aromatic rings. The molecule has 10 heteroatoms. The van der Waals surface area contributed by atoms with Crippen LogP contribution in [-0.2, 0) is 9.59 Å². The Morgan fingerprint density at radius 1 is 0.833 bits per heavy atom. The molecule has 2 N–H and O–H groups in total. The van der Waals surface area contributed by atoms with Crippen LogP contribution in [0.4, 0.5) is 5.69 Å². The minimum Gasteiger partial charge on any atom is -0.508 e. The summed E-state index contributed by atoms with van der Waals surface area (Å²) >= 11 is 12.5. The third-order valence-electron chi connectivity index (χ3n) is 5.80. The molecular formula is C26H21Cl2NO7. The number of carbonyl (C=O) groups excluding carboxylic acids is 2. The fourth-order valence-electron chi connectivity index (χ4n) is 4.07. The standard InChI is InChI=1S/C26H21Cl2NO7/c1-34-19-9-6-14(10-17(19)27)29-23(13-4-7-15(30)8-5-13)22(25(32)26(29)33)24(31)16-11-21(36-3)18(28)12-20(16)35-2/h4-12,23,30-31H,1-3H3/b24-22+. The topological polar surface area (TPSA) is 106 Å². The van der Waals surface area contributed by atoms with Crippen LogP contribution in [-0.4, -0.2) is 43.2 Å². The summed E-state index contributed by atoms with van der Waals surface area (Å²) in [6.07, 6.45) is 0. The van der Waals surface area contributed by atoms with Crippen LogP contribution in [0.3, 0.4) is 0 Å². The first-order valence-corrected chi connectivity index (χ1v) is 11.3. The van der Waals surface area contributed by atoms with Crippen molar-refractivity contribution in [3.05, 3.63) is 81.3 Å². The number of aromatic hydroxyl groups is 1. The van der Waals surface area contributed by atoms with E-state index >= 15 is 0 Å². The summed E-state index contributed by atoms with van der Waals surface area (Å²) in [5.41, 5.74) is 0.676. The lowest BCUT2D eigenvalue weighted by Crippen LogP contribution is -2.29. The summed E-state index contributed by atoms with van der Waals surface area (Å²) < 4.78 is 15.8. The fraction of sp³-hybridized carbons (Fsp3) is 0.154. The molecule has 0 radical (unpaired) electrons. The largest absolute Gasteiger partial charge is 0.508 e. The van der Waals surface area contributed by atoms with E-state index in [1.54, 1.807) is 24.3 Å². The van der Waals surface area contributed by atoms with Crippen LogP contribution in [0, 0.1) is 0 Å². The number of benzene rings is 3. The van der Waals surface area contributed by atoms with Crippen LogP contribution in [0.25, 0.3) is 5.76 Å². The molecule has 3 aromatic carbocycles. The molecule has 0 bridgehead atoms. The predicted molar refractivity (Wildman–Crippen MR) is 135 cm³/mol. The van der Waals surface area contributed by atoms with Crippen LogP contribution in [0.15, 0.2) is 60.2 Å². The summed E-state index contributed by atoms with van der Waals surface area (Å²) in [4.78, 5) is 27.9. The van der Waals surface area contributed by atoms with Crippen molar-refractivity contribution in [2.75, 3.05) is 26.2 Å². The van der Waals surface area contributed by atoms with Gasteiger partial charge < -0.3 is 24.4 Å². The van der Waals surface area contributed by atoms with Gasteiger partial charge >= 0.3 is 0 Å². The van der Waals surface area contributed by atoms with E-state index in [-0.39, 0.29) is 38.4 Å². The van der Waals surface area contributed by atoms with Gasteiger partial charge in [-0.3, -0.25) is 14.5 Å². The Bertz CT molecular complexity index is 1390. The van der Waals surface area contributed by atoms with Gasteiger partial charge in [0.15, 0.2) is 0 Å². The number of halogens is 2. The second kappa shape index (κ2) is 10.0. The summed E-state index contributed by atoms with van der Waals surface area (Å²) in [5, 5.41) is 21.7. The van der Waals surface area contributed by atoms with E-state index in [1.807, 2.05) is 0 Å². The van der Waals surface area contributed by atoms with Crippen molar-refractivity contribution in [1.82, 2.24) is 0 Å². The molecule has 1 aliphatic heterocycles. The Morgan fingerprint density at radius 2 is 1.44 bits per heavy atom. The van der Waals surface area contributed by atoms with E-state index in [0.717, 1.165) is 0 Å². The van der Waals surface area contributed by atoms with Crippen molar-refractivity contribution in [2.45, 2.75) is 6.04 Å². The van der Waals surface area contributed by atoms with Crippen molar-refractivity contribution < 1.29 is 34.0 Å². The number of aliphatic hydroxyl groups excluding tert-OH is 1. The average molecular weight is 530 g/mol. The SMILES string of the molecule is COc1ccc(N2C(=O)C(=O)/C(=C(/O)c3cc(OC)c(Cl)cc3OC)C2c2ccc(O)cc2)cc1Cl. The lowest BCUT2D eigenvalue weighted by molar-refractivity contribution is -0.132. The lowest BCUT2D eigenvalue weighted by Gasteiger charge is -2.26. The van der Waals surface area contributed by atoms with Crippen molar-refractivity contribution >= 4 is 46.3 Å². The Morgan fingerprint density at radius 3 is 2.03 bits per heavy atom. The van der Waals surface area contributed by atoms with Gasteiger partial charge in [0.1, 0.15) is 28.8 Å². The maximum Gasteiger partial charge on any atom is 0.300 e. The molecule has 1 fully saturated rings. The summed E-state index contributed by atoms with van der Waals surface area (Å²) in [5.74, 6) is -1.51. The molecule has 186 valence electrons. The third kappa shape index (κ3) is 4.29. The Labute approximate surface area is 216 Å². The molecule has 0 saturated carbocycles. The Kier molecular flexibility index (Phi) is 7.01. The first kappa shape index (κ1) is 25.2. The number of Topliss-reactive ketones (excluding diaryl/α,β-unsaturated/α-hetero) is 1. The maximum absolute atomic E-state index is 13.4. The number of ether oxygens (including phenoxy) is 3. The first-order chi connectivity index (χ1) is 17.2. The van der Waals surface area contributed by atoms with Crippen molar-refractivity contribution in [2.24, 2.45) is 0 Å². The zero-order chi connectivity index (χ0) is 26.1. The zero-order valence-corrected chi connectivity index (χ0v) is 20.9. The normalized spacial score (nSPS) is 16.8. The quantitative estimate of drug-likeness (QED) is 0.252. The van der Waals surface area contributed by atoms with Gasteiger partial charge in [0.2, 0.25) is 0 Å². The highest BCUT2D eigenvalue weighted by Gasteiger charge is 2.47. The van der Waals surface area contributed by atoms with Crippen LogP contribution in [0.1, 0.15) is 17.2 Å². The first-order valence-electron chi connectivity index (χ1n) is 10.6. The second-order valence-corrected chi connectivity index (χ2v) is 8.58. The summed E-state index contributed by atoms with van der Waals surface area (Å²) in [6.45, 7) is 0. The number of nitrogens with zero attached hydrogens (tertiary/aromatic N) is 1. The van der Waals surface area contributed by atoms with E-state index in [0.29, 0.717) is 17.0 Å². The molecule has 0 aliphatic carbocycles. The van der Waals surface area contributed by atoms with Gasteiger partial charge in [0.05, 0.1) is 48.6 Å². The highest BCUT2D eigenvalue weighted by atomic mass is 35.5. The molecule has 1 saturated heterocycles. The molecule has 4 rings (SSSR count). The number of anilines is 1. The smallest absolute Gasteiger partial charge is 0.300 e. The number of ketones is 1. The van der Waals surface area contributed by atoms with Crippen LogP contribution < -0.4 is 19.1 Å². The van der Waals surface area contributed by atoms with E-state index in [4.69, 9.17) is 37.4 Å². The second-order valence-electron chi connectivity index (χ2n) is 7.77. The molecular weight excluding hydrogens is 509 g/mol. The number of methoxy groups -OCH3 is 3. The van der Waals surface area contributed by atoms with Crippen LogP contribution >= 0.6 is 23.2 Å². The molecule has 0 spiro atoms. The van der Waals surface area contributed by atoms with Crippen molar-refractivity contribution in [3.8, 4) is 23.0 Å². The minimum absolute atomic E-state index is 0.00713. The summed E-state index contributed by atoms with van der Waals surface area (Å²) in [7, 11) is 4.24. The molecule has 8 nitrogen and oxygen atoms in total. The van der Waals surface area contributed by atoms with E-state index < -0.39 is 23.5 Å². The highest BCUT2D eigenvalue weighted by molar-refractivity contribution is 6.52. The number of hydrogen-bond donors (Lipinski definition) is 2. The van der Waals surface area contributed by atoms with Gasteiger partial charge in [-0.1, -0.05) is 35.3 Å². The molecule has 0 aromatic heterocycles. The highest BCUT2D eigenvalue weighted by Crippen LogP contribution is 2.45. The predicted octanol–water partition coefficient (Wildman–Crippen LogP) is 5.35. The molecule has 1 amide bonds. The third-order valence-corrected chi connectivity index (χ3v) is 6.39. The van der Waals surface area contributed by atoms with Crippen LogP contribution in [0.5, 0.6) is 23.0 Å². The van der Waals surface area contributed by atoms with Gasteiger partial charge in [-0.2, -0.15) is 0 Å². The number of aliphatic hydroxyl groups is 1. The summed E-state index contributed by atoms with van der Waals surface area (Å²) in [6, 6.07) is 12.4. The van der Waals surface area contributed by atoms with E-state index in [1.165, 1.54) is 56.6 Å². The van der Waals surface area contributed by atoms with Crippen molar-refractivity contribution in [3.63, 3.8) is 0 Å². The van der Waals surface area contributed by atoms with Gasteiger partial charge in [-0.05, 0) is 42.0 Å². The minimum atomic E-state index is -1.05. The monoisotopic (exact) mass is 529 g/mol. The number of carbonyl (C=O) groups is 2.